The highest BCUT2D eigenvalue weighted by atomic mass is 19.4. The molecule has 0 N–H and O–H groups in total. The second kappa shape index (κ2) is 7.34. The summed E-state index contributed by atoms with van der Waals surface area (Å²) in [5, 5.41) is 0.725. The van der Waals surface area contributed by atoms with Crippen LogP contribution in [-0.4, -0.2) is 42.9 Å². The maximum Gasteiger partial charge on any atom is 0.573 e. The molecule has 7 nitrogen and oxygen atoms in total. The zero-order valence-corrected chi connectivity index (χ0v) is 18.6. The maximum atomic E-state index is 13.7. The molecule has 1 aromatic heterocycles. The fraction of sp³-hybridized carbons (Fsp3) is 0.292. The summed E-state index contributed by atoms with van der Waals surface area (Å²) in [6.45, 7) is 1.90. The van der Waals surface area contributed by atoms with Gasteiger partial charge >= 0.3 is 12.4 Å². The lowest BCUT2D eigenvalue weighted by molar-refractivity contribution is -0.274. The number of carbonyl (C=O) groups is 2. The topological polar surface area (TPSA) is 66.0 Å². The van der Waals surface area contributed by atoms with E-state index < -0.39 is 29.6 Å². The molecule has 1 spiro atoms. The first kappa shape index (κ1) is 22.0. The Hall–Kier alpha value is -3.82. The summed E-state index contributed by atoms with van der Waals surface area (Å²) in [7, 11) is 3.68. The Kier molecular flexibility index (Phi) is 4.75. The molecule has 2 atom stereocenters. The number of fused-ring (bicyclic) bond motifs is 1. The minimum Gasteiger partial charge on any atom is -0.406 e. The molecule has 5 rings (SSSR count). The summed E-state index contributed by atoms with van der Waals surface area (Å²) in [5.41, 5.74) is 0.374. The number of halogens is 3. The van der Waals surface area contributed by atoms with Crippen LogP contribution in [-0.2, 0) is 4.79 Å². The number of carbonyl (C=O) groups excluding carboxylic acids is 2. The molecule has 2 heterocycles. The molecule has 3 aromatic rings. The molecule has 0 radical (unpaired) electrons. The number of amides is 3. The molecular formula is C24H21F3N4O3. The summed E-state index contributed by atoms with van der Waals surface area (Å²) in [4.78, 5) is 36.3. The van der Waals surface area contributed by atoms with Crippen molar-refractivity contribution < 1.29 is 27.5 Å². The zero-order valence-electron chi connectivity index (χ0n) is 18.6. The van der Waals surface area contributed by atoms with Crippen molar-refractivity contribution in [2.75, 3.05) is 28.8 Å². The first-order valence-electron chi connectivity index (χ1n) is 10.6. The number of urea groups is 1. The highest BCUT2D eigenvalue weighted by Crippen LogP contribution is 2.56. The van der Waals surface area contributed by atoms with Crippen LogP contribution in [0.15, 0.2) is 54.6 Å². The zero-order chi connectivity index (χ0) is 24.4. The molecule has 2 unspecified atom stereocenters. The number of benzene rings is 2. The van der Waals surface area contributed by atoms with Gasteiger partial charge in [0.1, 0.15) is 17.1 Å². The predicted molar refractivity (Wildman–Crippen MR) is 121 cm³/mol. The van der Waals surface area contributed by atoms with Gasteiger partial charge in [0.05, 0.1) is 16.9 Å². The van der Waals surface area contributed by atoms with Gasteiger partial charge in [-0.25, -0.2) is 14.7 Å². The van der Waals surface area contributed by atoms with E-state index in [1.54, 1.807) is 6.07 Å². The van der Waals surface area contributed by atoms with Crippen molar-refractivity contribution in [3.05, 3.63) is 54.6 Å². The third-order valence-corrected chi connectivity index (χ3v) is 6.34. The number of alkyl halides is 3. The second-order valence-corrected chi connectivity index (χ2v) is 8.74. The average Bonchev–Trinajstić information content (AvgIpc) is 3.39. The lowest BCUT2D eigenvalue weighted by atomic mass is 10.1. The molecule has 3 amide bonds. The average molecular weight is 470 g/mol. The van der Waals surface area contributed by atoms with Gasteiger partial charge < -0.3 is 9.64 Å². The van der Waals surface area contributed by atoms with Gasteiger partial charge in [-0.05, 0) is 42.7 Å². The molecule has 176 valence electrons. The summed E-state index contributed by atoms with van der Waals surface area (Å²) < 4.78 is 41.5. The summed E-state index contributed by atoms with van der Waals surface area (Å²) in [5.74, 6) is -0.291. The quantitative estimate of drug-likeness (QED) is 0.505. The molecule has 0 bridgehead atoms. The summed E-state index contributed by atoms with van der Waals surface area (Å²) in [6, 6.07) is 13.3. The van der Waals surface area contributed by atoms with Crippen molar-refractivity contribution in [2.45, 2.75) is 25.2 Å². The fourth-order valence-corrected chi connectivity index (χ4v) is 4.56. The summed E-state index contributed by atoms with van der Waals surface area (Å²) in [6.07, 6.45) is -4.35. The Bertz CT molecular complexity index is 1310. The van der Waals surface area contributed by atoms with Crippen LogP contribution < -0.4 is 19.4 Å². The van der Waals surface area contributed by atoms with Crippen LogP contribution >= 0.6 is 0 Å². The van der Waals surface area contributed by atoms with E-state index in [-0.39, 0.29) is 11.6 Å². The van der Waals surface area contributed by atoms with E-state index >= 15 is 0 Å². The molecule has 10 heteroatoms. The van der Waals surface area contributed by atoms with Crippen LogP contribution in [0.4, 0.5) is 35.2 Å². The number of imide groups is 1. The molecular weight excluding hydrogens is 449 g/mol. The van der Waals surface area contributed by atoms with Gasteiger partial charge in [0.25, 0.3) is 5.91 Å². The van der Waals surface area contributed by atoms with Crippen LogP contribution in [0.5, 0.6) is 5.75 Å². The number of pyridine rings is 1. The Morgan fingerprint density at radius 3 is 2.32 bits per heavy atom. The van der Waals surface area contributed by atoms with Crippen molar-refractivity contribution in [3.8, 4) is 5.75 Å². The van der Waals surface area contributed by atoms with E-state index in [9.17, 15) is 22.8 Å². The van der Waals surface area contributed by atoms with E-state index in [4.69, 9.17) is 0 Å². The van der Waals surface area contributed by atoms with Gasteiger partial charge in [-0.1, -0.05) is 25.1 Å². The smallest absolute Gasteiger partial charge is 0.406 e. The maximum absolute atomic E-state index is 13.7. The van der Waals surface area contributed by atoms with Crippen molar-refractivity contribution in [2.24, 2.45) is 5.92 Å². The van der Waals surface area contributed by atoms with Gasteiger partial charge in [0.15, 0.2) is 0 Å². The number of nitrogens with zero attached hydrogens (tertiary/aromatic N) is 4. The monoisotopic (exact) mass is 470 g/mol. The third kappa shape index (κ3) is 3.32. The highest BCUT2D eigenvalue weighted by Gasteiger charge is 2.70. The first-order valence-corrected chi connectivity index (χ1v) is 10.6. The minimum atomic E-state index is -4.84. The molecule has 2 aliphatic rings. The van der Waals surface area contributed by atoms with Crippen LogP contribution in [0.3, 0.4) is 0 Å². The Morgan fingerprint density at radius 2 is 1.74 bits per heavy atom. The van der Waals surface area contributed by atoms with E-state index in [0.29, 0.717) is 23.4 Å². The lowest BCUT2D eigenvalue weighted by Gasteiger charge is -2.25. The number of para-hydroxylation sites is 1. The highest BCUT2D eigenvalue weighted by molar-refractivity contribution is 6.33. The number of anilines is 3. The molecule has 1 saturated carbocycles. The van der Waals surface area contributed by atoms with E-state index in [0.717, 1.165) is 22.4 Å². The molecule has 1 aliphatic heterocycles. The molecule has 34 heavy (non-hydrogen) atoms. The van der Waals surface area contributed by atoms with Crippen LogP contribution in [0, 0.1) is 5.92 Å². The first-order chi connectivity index (χ1) is 16.0. The van der Waals surface area contributed by atoms with Gasteiger partial charge in [-0.3, -0.25) is 9.69 Å². The number of hydrogen-bond donors (Lipinski definition) is 0. The van der Waals surface area contributed by atoms with E-state index in [1.807, 2.05) is 50.2 Å². The van der Waals surface area contributed by atoms with Gasteiger partial charge in [0.2, 0.25) is 0 Å². The second-order valence-electron chi connectivity index (χ2n) is 8.74. The Balaban J connectivity index is 1.61. The predicted octanol–water partition coefficient (Wildman–Crippen LogP) is 4.95. The lowest BCUT2D eigenvalue weighted by Crippen LogP contribution is -2.39. The van der Waals surface area contributed by atoms with E-state index in [2.05, 4.69) is 9.72 Å². The third-order valence-electron chi connectivity index (χ3n) is 6.34. The van der Waals surface area contributed by atoms with Crippen LogP contribution in [0.25, 0.3) is 10.9 Å². The normalized spacial score (nSPS) is 22.1. The van der Waals surface area contributed by atoms with Crippen molar-refractivity contribution in [1.29, 1.82) is 0 Å². The van der Waals surface area contributed by atoms with Gasteiger partial charge in [0, 0.05) is 25.5 Å². The van der Waals surface area contributed by atoms with Crippen LogP contribution in [0.2, 0.25) is 0 Å². The standard InChI is InChI=1S/C24H21F3N4O3/c1-14-13-23(14)21(32)30(15-8-10-16(11-9-15)34-24(25,26)27)22(33)31(23)19-12-20(29(2)3)28-18-7-5-4-6-17(18)19/h4-12,14H,13H2,1-3H3. The summed E-state index contributed by atoms with van der Waals surface area (Å²) >= 11 is 0. The van der Waals surface area contributed by atoms with Crippen molar-refractivity contribution in [3.63, 3.8) is 0 Å². The van der Waals surface area contributed by atoms with Crippen molar-refractivity contribution in [1.82, 2.24) is 4.98 Å². The van der Waals surface area contributed by atoms with Gasteiger partial charge in [-0.15, -0.1) is 13.2 Å². The number of hydrogen-bond acceptors (Lipinski definition) is 5. The Labute approximate surface area is 193 Å². The SMILES string of the molecule is CC1CC12C(=O)N(c1ccc(OC(F)(F)F)cc1)C(=O)N2c1cc(N(C)C)nc2ccccc12. The molecule has 1 aliphatic carbocycles. The molecule has 2 aromatic carbocycles. The number of ether oxygens (including phenoxy) is 1. The number of rotatable bonds is 4. The van der Waals surface area contributed by atoms with Gasteiger partial charge in [-0.2, -0.15) is 0 Å². The molecule has 2 fully saturated rings. The Morgan fingerprint density at radius 1 is 1.09 bits per heavy atom. The van der Waals surface area contributed by atoms with E-state index in [1.165, 1.54) is 17.0 Å². The largest absolute Gasteiger partial charge is 0.573 e. The van der Waals surface area contributed by atoms with Crippen LogP contribution in [0.1, 0.15) is 13.3 Å². The van der Waals surface area contributed by atoms with Crippen molar-refractivity contribution >= 4 is 40.0 Å². The number of aromatic nitrogens is 1. The molecule has 1 saturated heterocycles. The minimum absolute atomic E-state index is 0.0866. The fourth-order valence-electron chi connectivity index (χ4n) is 4.56.